The minimum absolute atomic E-state index is 0.530. The number of hydrogen-bond acceptors (Lipinski definition) is 3. The van der Waals surface area contributed by atoms with Crippen LogP contribution in [-0.2, 0) is 0 Å². The molecular weight excluding hydrogens is 302 g/mol. The van der Waals surface area contributed by atoms with Crippen LogP contribution in [0.15, 0.2) is 22.7 Å². The highest BCUT2D eigenvalue weighted by Gasteiger charge is 2.17. The van der Waals surface area contributed by atoms with Crippen molar-refractivity contribution in [3.8, 4) is 0 Å². The van der Waals surface area contributed by atoms with E-state index in [1.807, 2.05) is 0 Å². The number of anilines is 1. The largest absolute Gasteiger partial charge is 0.368 e. The fourth-order valence-corrected chi connectivity index (χ4v) is 3.20. The summed E-state index contributed by atoms with van der Waals surface area (Å²) in [5, 5.41) is 0. The molecule has 0 amide bonds. The number of piperazine rings is 1. The number of hydrogen-bond donors (Lipinski definition) is 1. The molecule has 1 fully saturated rings. The topological polar surface area (TPSA) is 32.5 Å². The third kappa shape index (κ3) is 3.71. The number of benzene rings is 1. The van der Waals surface area contributed by atoms with Gasteiger partial charge in [0, 0.05) is 30.7 Å². The molecule has 0 aliphatic carbocycles. The molecule has 2 N–H and O–H groups in total. The van der Waals surface area contributed by atoms with Crippen molar-refractivity contribution < 1.29 is 0 Å². The average Bonchev–Trinajstić information content (AvgIpc) is 2.40. The molecule has 3 nitrogen and oxygen atoms in total. The molecular formula is C15H24BrN3. The summed E-state index contributed by atoms with van der Waals surface area (Å²) < 4.78 is 1.21. The van der Waals surface area contributed by atoms with Crippen LogP contribution in [0.3, 0.4) is 0 Å². The molecule has 1 aromatic carbocycles. The Morgan fingerprint density at radius 3 is 2.53 bits per heavy atom. The summed E-state index contributed by atoms with van der Waals surface area (Å²) in [4.78, 5) is 4.84. The van der Waals surface area contributed by atoms with E-state index >= 15 is 0 Å². The van der Waals surface area contributed by atoms with Gasteiger partial charge in [0.2, 0.25) is 0 Å². The summed E-state index contributed by atoms with van der Waals surface area (Å²) >= 11 is 3.73. The Morgan fingerprint density at radius 2 is 1.95 bits per heavy atom. The second-order valence-corrected chi connectivity index (χ2v) is 6.33. The molecule has 1 atom stereocenters. The summed E-state index contributed by atoms with van der Waals surface area (Å²) in [5.74, 6) is 0.530. The molecule has 2 rings (SSSR count). The molecule has 1 aromatic rings. The first-order chi connectivity index (χ1) is 9.11. The lowest BCUT2D eigenvalue weighted by molar-refractivity contribution is 0.312. The zero-order valence-corrected chi connectivity index (χ0v) is 13.5. The highest BCUT2D eigenvalue weighted by atomic mass is 79.9. The Bertz CT molecular complexity index is 414. The van der Waals surface area contributed by atoms with Crippen molar-refractivity contribution in [2.24, 2.45) is 5.73 Å². The SMILES string of the molecule is CC(CCN)c1ccc(N2CCN(C)CC2)c(Br)c1. The van der Waals surface area contributed by atoms with E-state index in [0.717, 1.165) is 39.1 Å². The minimum atomic E-state index is 0.530. The molecule has 4 heteroatoms. The van der Waals surface area contributed by atoms with Crippen LogP contribution in [0, 0.1) is 0 Å². The molecule has 0 saturated carbocycles. The van der Waals surface area contributed by atoms with Gasteiger partial charge in [-0.3, -0.25) is 0 Å². The maximum Gasteiger partial charge on any atom is 0.0511 e. The maximum atomic E-state index is 5.64. The zero-order chi connectivity index (χ0) is 13.8. The van der Waals surface area contributed by atoms with Gasteiger partial charge >= 0.3 is 0 Å². The molecule has 1 unspecified atom stereocenters. The Labute approximate surface area is 124 Å². The summed E-state index contributed by atoms with van der Waals surface area (Å²) in [6, 6.07) is 6.75. The van der Waals surface area contributed by atoms with Gasteiger partial charge in [-0.2, -0.15) is 0 Å². The Balaban J connectivity index is 2.10. The molecule has 19 heavy (non-hydrogen) atoms. The molecule has 106 valence electrons. The number of nitrogens with two attached hydrogens (primary N) is 1. The van der Waals surface area contributed by atoms with Crippen molar-refractivity contribution in [2.45, 2.75) is 19.3 Å². The third-order valence-corrected chi connectivity index (χ3v) is 4.62. The zero-order valence-electron chi connectivity index (χ0n) is 11.9. The molecule has 0 aromatic heterocycles. The minimum Gasteiger partial charge on any atom is -0.368 e. The van der Waals surface area contributed by atoms with Gasteiger partial charge < -0.3 is 15.5 Å². The Hall–Kier alpha value is -0.580. The smallest absolute Gasteiger partial charge is 0.0511 e. The third-order valence-electron chi connectivity index (χ3n) is 3.98. The summed E-state index contributed by atoms with van der Waals surface area (Å²) in [5.41, 5.74) is 8.33. The number of rotatable bonds is 4. The van der Waals surface area contributed by atoms with Gasteiger partial charge in [-0.1, -0.05) is 13.0 Å². The summed E-state index contributed by atoms with van der Waals surface area (Å²) in [6.45, 7) is 7.47. The highest BCUT2D eigenvalue weighted by Crippen LogP contribution is 2.31. The van der Waals surface area contributed by atoms with Crippen molar-refractivity contribution in [1.29, 1.82) is 0 Å². The maximum absolute atomic E-state index is 5.64. The number of halogens is 1. The van der Waals surface area contributed by atoms with Crippen molar-refractivity contribution in [3.63, 3.8) is 0 Å². The van der Waals surface area contributed by atoms with Gasteiger partial charge in [0.05, 0.1) is 5.69 Å². The molecule has 1 saturated heterocycles. The van der Waals surface area contributed by atoms with E-state index in [1.165, 1.54) is 15.7 Å². The number of likely N-dealkylation sites (N-methyl/N-ethyl adjacent to an activating group) is 1. The van der Waals surface area contributed by atoms with Gasteiger partial charge in [-0.15, -0.1) is 0 Å². The molecule has 0 spiro atoms. The van der Waals surface area contributed by atoms with E-state index in [2.05, 4.69) is 57.9 Å². The summed E-state index contributed by atoms with van der Waals surface area (Å²) in [7, 11) is 2.18. The van der Waals surface area contributed by atoms with Crippen LogP contribution < -0.4 is 10.6 Å². The van der Waals surface area contributed by atoms with E-state index in [-0.39, 0.29) is 0 Å². The standard InChI is InChI=1S/C15H24BrN3/c1-12(5-6-17)13-3-4-15(14(16)11-13)19-9-7-18(2)8-10-19/h3-4,11-12H,5-10,17H2,1-2H3. The van der Waals surface area contributed by atoms with Crippen molar-refractivity contribution in [3.05, 3.63) is 28.2 Å². The first-order valence-electron chi connectivity index (χ1n) is 7.05. The Kier molecular flexibility index (Phi) is 5.25. The van der Waals surface area contributed by atoms with Crippen molar-refractivity contribution in [1.82, 2.24) is 4.90 Å². The van der Waals surface area contributed by atoms with E-state index in [9.17, 15) is 0 Å². The normalized spacial score (nSPS) is 18.6. The van der Waals surface area contributed by atoms with Gasteiger partial charge in [-0.25, -0.2) is 0 Å². The predicted molar refractivity (Wildman–Crippen MR) is 85.9 cm³/mol. The van der Waals surface area contributed by atoms with Crippen molar-refractivity contribution in [2.75, 3.05) is 44.7 Å². The second kappa shape index (κ2) is 6.73. The van der Waals surface area contributed by atoms with E-state index in [1.54, 1.807) is 0 Å². The van der Waals surface area contributed by atoms with Gasteiger partial charge in [-0.05, 0) is 59.6 Å². The quantitative estimate of drug-likeness (QED) is 0.923. The lowest BCUT2D eigenvalue weighted by atomic mass is 9.97. The van der Waals surface area contributed by atoms with Crippen molar-refractivity contribution >= 4 is 21.6 Å². The van der Waals surface area contributed by atoms with Gasteiger partial charge in [0.1, 0.15) is 0 Å². The summed E-state index contributed by atoms with van der Waals surface area (Å²) in [6.07, 6.45) is 1.04. The van der Waals surface area contributed by atoms with Crippen LogP contribution in [-0.4, -0.2) is 44.7 Å². The van der Waals surface area contributed by atoms with Crippen LogP contribution in [0.4, 0.5) is 5.69 Å². The second-order valence-electron chi connectivity index (χ2n) is 5.48. The van der Waals surface area contributed by atoms with Crippen LogP contribution in [0.2, 0.25) is 0 Å². The molecule has 1 heterocycles. The highest BCUT2D eigenvalue weighted by molar-refractivity contribution is 9.10. The van der Waals surface area contributed by atoms with Gasteiger partial charge in [0.25, 0.3) is 0 Å². The first kappa shape index (κ1) is 14.8. The Morgan fingerprint density at radius 1 is 1.26 bits per heavy atom. The monoisotopic (exact) mass is 325 g/mol. The first-order valence-corrected chi connectivity index (χ1v) is 7.84. The lowest BCUT2D eigenvalue weighted by Gasteiger charge is -2.34. The number of nitrogens with zero attached hydrogens (tertiary/aromatic N) is 2. The predicted octanol–water partition coefficient (Wildman–Crippen LogP) is 2.65. The molecule has 1 aliphatic heterocycles. The fraction of sp³-hybridized carbons (Fsp3) is 0.600. The van der Waals surface area contributed by atoms with E-state index in [0.29, 0.717) is 5.92 Å². The van der Waals surface area contributed by atoms with Crippen LogP contribution in [0.5, 0.6) is 0 Å². The van der Waals surface area contributed by atoms with E-state index < -0.39 is 0 Å². The molecule has 1 aliphatic rings. The lowest BCUT2D eigenvalue weighted by Crippen LogP contribution is -2.44. The fourth-order valence-electron chi connectivity index (χ4n) is 2.55. The molecule has 0 radical (unpaired) electrons. The average molecular weight is 326 g/mol. The van der Waals surface area contributed by atoms with Crippen LogP contribution in [0.1, 0.15) is 24.8 Å². The van der Waals surface area contributed by atoms with Crippen LogP contribution in [0.25, 0.3) is 0 Å². The van der Waals surface area contributed by atoms with Gasteiger partial charge in [0.15, 0.2) is 0 Å². The van der Waals surface area contributed by atoms with Crippen LogP contribution >= 0.6 is 15.9 Å². The van der Waals surface area contributed by atoms with E-state index in [4.69, 9.17) is 5.73 Å². The molecule has 0 bridgehead atoms.